The number of carbonyl (C=O) groups is 1. The summed E-state index contributed by atoms with van der Waals surface area (Å²) in [6.07, 6.45) is 6.05. The van der Waals surface area contributed by atoms with Crippen LogP contribution in [-0.2, 0) is 4.79 Å². The molecule has 1 heterocycles. The second-order valence-corrected chi connectivity index (χ2v) is 5.86. The van der Waals surface area contributed by atoms with E-state index in [1.165, 1.54) is 6.42 Å². The van der Waals surface area contributed by atoms with Crippen molar-refractivity contribution >= 4 is 11.9 Å². The van der Waals surface area contributed by atoms with Gasteiger partial charge in [-0.2, -0.15) is 0 Å². The molecule has 1 aromatic rings. The summed E-state index contributed by atoms with van der Waals surface area (Å²) in [5.74, 6) is 0.798. The molecule has 2 rings (SSSR count). The van der Waals surface area contributed by atoms with Crippen LogP contribution in [0.2, 0.25) is 0 Å². The minimum Gasteiger partial charge on any atom is -0.328 e. The molecular weight excluding hydrogens is 214 g/mol. The standard InChI is InChI=1S/C13H21N3O/c1-9-8-14-12(15-9)16-11(17)10-5-4-6-13(2,3)7-10/h8,10H,4-7H2,1-3H3,(H2,14,15,16,17). The minimum atomic E-state index is 0.104. The molecule has 1 aliphatic rings. The number of carbonyl (C=O) groups excluding carboxylic acids is 1. The topological polar surface area (TPSA) is 57.8 Å². The van der Waals surface area contributed by atoms with Crippen LogP contribution in [0.1, 0.15) is 45.2 Å². The van der Waals surface area contributed by atoms with E-state index in [9.17, 15) is 4.79 Å². The lowest BCUT2D eigenvalue weighted by atomic mass is 9.72. The van der Waals surface area contributed by atoms with E-state index < -0.39 is 0 Å². The molecule has 2 N–H and O–H groups in total. The molecule has 0 radical (unpaired) electrons. The van der Waals surface area contributed by atoms with E-state index in [0.717, 1.165) is 25.0 Å². The van der Waals surface area contributed by atoms with E-state index in [2.05, 4.69) is 29.1 Å². The van der Waals surface area contributed by atoms with E-state index >= 15 is 0 Å². The van der Waals surface area contributed by atoms with Gasteiger partial charge in [0.2, 0.25) is 11.9 Å². The van der Waals surface area contributed by atoms with E-state index in [1.54, 1.807) is 6.20 Å². The molecule has 1 aliphatic carbocycles. The van der Waals surface area contributed by atoms with Crippen LogP contribution in [-0.4, -0.2) is 15.9 Å². The van der Waals surface area contributed by atoms with Gasteiger partial charge in [0.1, 0.15) is 0 Å². The third-order valence-electron chi connectivity index (χ3n) is 3.52. The number of nitrogens with zero attached hydrogens (tertiary/aromatic N) is 1. The van der Waals surface area contributed by atoms with Crippen LogP contribution >= 0.6 is 0 Å². The van der Waals surface area contributed by atoms with Gasteiger partial charge in [0, 0.05) is 17.8 Å². The highest BCUT2D eigenvalue weighted by Crippen LogP contribution is 2.38. The first-order valence-corrected chi connectivity index (χ1v) is 6.29. The molecule has 1 aromatic heterocycles. The number of aryl methyl sites for hydroxylation is 1. The van der Waals surface area contributed by atoms with Crippen LogP contribution in [0.25, 0.3) is 0 Å². The molecule has 0 spiro atoms. The summed E-state index contributed by atoms with van der Waals surface area (Å²) in [5.41, 5.74) is 1.25. The molecule has 1 saturated carbocycles. The van der Waals surface area contributed by atoms with Gasteiger partial charge < -0.3 is 4.98 Å². The molecule has 0 bridgehead atoms. The lowest BCUT2D eigenvalue weighted by molar-refractivity contribution is -0.122. The van der Waals surface area contributed by atoms with Crippen molar-refractivity contribution in [3.8, 4) is 0 Å². The first kappa shape index (κ1) is 12.1. The number of hydrogen-bond acceptors (Lipinski definition) is 2. The summed E-state index contributed by atoms with van der Waals surface area (Å²) in [7, 11) is 0. The number of aromatic nitrogens is 2. The van der Waals surface area contributed by atoms with Gasteiger partial charge in [-0.25, -0.2) is 4.98 Å². The van der Waals surface area contributed by atoms with Gasteiger partial charge in [-0.15, -0.1) is 0 Å². The third kappa shape index (κ3) is 3.08. The van der Waals surface area contributed by atoms with Gasteiger partial charge in [0.25, 0.3) is 0 Å². The third-order valence-corrected chi connectivity index (χ3v) is 3.52. The Bertz CT molecular complexity index is 409. The molecule has 4 nitrogen and oxygen atoms in total. The summed E-state index contributed by atoms with van der Waals surface area (Å²) in [5, 5.41) is 2.86. The molecule has 4 heteroatoms. The smallest absolute Gasteiger partial charge is 0.229 e. The zero-order valence-corrected chi connectivity index (χ0v) is 10.8. The highest BCUT2D eigenvalue weighted by atomic mass is 16.2. The Labute approximate surface area is 102 Å². The number of nitrogens with one attached hydrogen (secondary N) is 2. The summed E-state index contributed by atoms with van der Waals surface area (Å²) in [6.45, 7) is 6.40. The van der Waals surface area contributed by atoms with Crippen LogP contribution < -0.4 is 5.32 Å². The van der Waals surface area contributed by atoms with Crippen molar-refractivity contribution in [1.82, 2.24) is 9.97 Å². The number of aromatic amines is 1. The predicted molar refractivity (Wildman–Crippen MR) is 67.7 cm³/mol. The van der Waals surface area contributed by atoms with Gasteiger partial charge in [0.15, 0.2) is 0 Å². The maximum Gasteiger partial charge on any atom is 0.229 e. The monoisotopic (exact) mass is 235 g/mol. The zero-order valence-electron chi connectivity index (χ0n) is 10.8. The van der Waals surface area contributed by atoms with E-state index in [1.807, 2.05) is 6.92 Å². The Hall–Kier alpha value is -1.32. The fraction of sp³-hybridized carbons (Fsp3) is 0.692. The van der Waals surface area contributed by atoms with Crippen LogP contribution in [0.15, 0.2) is 6.20 Å². The number of amides is 1. The number of imidazole rings is 1. The van der Waals surface area contributed by atoms with Crippen LogP contribution in [0.5, 0.6) is 0 Å². The number of rotatable bonds is 2. The molecule has 17 heavy (non-hydrogen) atoms. The van der Waals surface area contributed by atoms with Crippen LogP contribution in [0, 0.1) is 18.3 Å². The molecule has 0 aromatic carbocycles. The zero-order chi connectivity index (χ0) is 12.5. The van der Waals surface area contributed by atoms with Crippen molar-refractivity contribution in [3.05, 3.63) is 11.9 Å². The summed E-state index contributed by atoms with van der Waals surface area (Å²) in [6, 6.07) is 0. The van der Waals surface area contributed by atoms with Gasteiger partial charge >= 0.3 is 0 Å². The Morgan fingerprint density at radius 1 is 1.59 bits per heavy atom. The molecule has 94 valence electrons. The van der Waals surface area contributed by atoms with E-state index in [0.29, 0.717) is 11.4 Å². The lowest BCUT2D eigenvalue weighted by Gasteiger charge is -2.34. The Morgan fingerprint density at radius 2 is 2.35 bits per heavy atom. The van der Waals surface area contributed by atoms with Gasteiger partial charge in [-0.3, -0.25) is 10.1 Å². The lowest BCUT2D eigenvalue weighted by Crippen LogP contribution is -2.31. The highest BCUT2D eigenvalue weighted by Gasteiger charge is 2.32. The fourth-order valence-electron chi connectivity index (χ4n) is 2.62. The first-order chi connectivity index (χ1) is 7.96. The second-order valence-electron chi connectivity index (χ2n) is 5.86. The maximum absolute atomic E-state index is 12.1. The molecule has 1 fully saturated rings. The number of anilines is 1. The summed E-state index contributed by atoms with van der Waals surface area (Å²) >= 11 is 0. The average Bonchev–Trinajstić information content (AvgIpc) is 2.62. The molecule has 0 saturated heterocycles. The van der Waals surface area contributed by atoms with Crippen LogP contribution in [0.3, 0.4) is 0 Å². The van der Waals surface area contributed by atoms with E-state index in [4.69, 9.17) is 0 Å². The molecule has 1 unspecified atom stereocenters. The minimum absolute atomic E-state index is 0.104. The van der Waals surface area contributed by atoms with Crippen molar-refractivity contribution in [3.63, 3.8) is 0 Å². The van der Waals surface area contributed by atoms with Gasteiger partial charge in [-0.1, -0.05) is 20.3 Å². The van der Waals surface area contributed by atoms with Crippen molar-refractivity contribution in [2.24, 2.45) is 11.3 Å². The largest absolute Gasteiger partial charge is 0.328 e. The molecule has 0 aliphatic heterocycles. The SMILES string of the molecule is Cc1cnc(NC(=O)C2CCCC(C)(C)C2)[nH]1. The quantitative estimate of drug-likeness (QED) is 0.828. The number of H-pyrrole nitrogens is 1. The summed E-state index contributed by atoms with van der Waals surface area (Å²) < 4.78 is 0. The highest BCUT2D eigenvalue weighted by molar-refractivity contribution is 5.91. The Morgan fingerprint density at radius 3 is 2.94 bits per heavy atom. The number of hydrogen-bond donors (Lipinski definition) is 2. The predicted octanol–water partition coefficient (Wildman–Crippen LogP) is 2.87. The average molecular weight is 235 g/mol. The van der Waals surface area contributed by atoms with Crippen molar-refractivity contribution in [2.45, 2.75) is 46.5 Å². The van der Waals surface area contributed by atoms with Crippen molar-refractivity contribution < 1.29 is 4.79 Å². The van der Waals surface area contributed by atoms with Gasteiger partial charge in [0.05, 0.1) is 0 Å². The maximum atomic E-state index is 12.1. The van der Waals surface area contributed by atoms with E-state index in [-0.39, 0.29) is 11.8 Å². The normalized spacial score (nSPS) is 23.4. The molecule has 1 atom stereocenters. The van der Waals surface area contributed by atoms with Crippen molar-refractivity contribution in [2.75, 3.05) is 5.32 Å². The van der Waals surface area contributed by atoms with Gasteiger partial charge in [-0.05, 0) is 31.6 Å². The Balaban J connectivity index is 1.96. The summed E-state index contributed by atoms with van der Waals surface area (Å²) in [4.78, 5) is 19.2. The van der Waals surface area contributed by atoms with Crippen LogP contribution in [0.4, 0.5) is 5.95 Å². The molecular formula is C13H21N3O. The fourth-order valence-corrected chi connectivity index (χ4v) is 2.62. The Kier molecular flexibility index (Phi) is 3.22. The molecule has 1 amide bonds. The van der Waals surface area contributed by atoms with Crippen molar-refractivity contribution in [1.29, 1.82) is 0 Å². The first-order valence-electron chi connectivity index (χ1n) is 6.29. The second kappa shape index (κ2) is 4.51.